The second-order valence-electron chi connectivity index (χ2n) is 9.46. The largest absolute Gasteiger partial charge is 0.379 e. The minimum Gasteiger partial charge on any atom is -0.379 e. The Morgan fingerprint density at radius 1 is 0.944 bits per heavy atom. The average molecular weight is 507 g/mol. The molecule has 10 heteroatoms. The van der Waals surface area contributed by atoms with Gasteiger partial charge in [0, 0.05) is 52.4 Å². The maximum Gasteiger partial charge on any atom is 0.166 e. The average Bonchev–Trinajstić information content (AvgIpc) is 3.41. The molecule has 0 unspecified atom stereocenters. The van der Waals surface area contributed by atoms with Crippen molar-refractivity contribution in [3.63, 3.8) is 0 Å². The maximum absolute atomic E-state index is 6.46. The van der Waals surface area contributed by atoms with Crippen LogP contribution in [0.4, 0.5) is 17.3 Å². The fourth-order valence-electron chi connectivity index (χ4n) is 5.00. The van der Waals surface area contributed by atoms with E-state index in [-0.39, 0.29) is 0 Å². The van der Waals surface area contributed by atoms with Gasteiger partial charge in [-0.2, -0.15) is 0 Å². The van der Waals surface area contributed by atoms with Crippen LogP contribution in [0.1, 0.15) is 5.56 Å². The summed E-state index contributed by atoms with van der Waals surface area (Å²) in [5.41, 5.74) is 4.38. The van der Waals surface area contributed by atoms with Crippen LogP contribution in [-0.2, 0) is 4.74 Å². The van der Waals surface area contributed by atoms with Gasteiger partial charge >= 0.3 is 0 Å². The monoisotopic (exact) mass is 506 g/mol. The number of hydrogen-bond acceptors (Lipinski definition) is 8. The molecule has 36 heavy (non-hydrogen) atoms. The third-order valence-corrected chi connectivity index (χ3v) is 7.49. The molecule has 5 heterocycles. The normalized spacial score (nSPS) is 17.8. The highest BCUT2D eigenvalue weighted by atomic mass is 35.5. The first-order chi connectivity index (χ1) is 17.7. The van der Waals surface area contributed by atoms with Crippen molar-refractivity contribution in [2.24, 2.45) is 0 Å². The number of hydrogen-bond donors (Lipinski definition) is 1. The topological polar surface area (TPSA) is 74.1 Å². The highest BCUT2D eigenvalue weighted by Gasteiger charge is 2.21. The summed E-state index contributed by atoms with van der Waals surface area (Å²) in [6.45, 7) is 12.1. The van der Waals surface area contributed by atoms with Crippen LogP contribution in [-0.4, -0.2) is 94.7 Å². The number of pyridine rings is 1. The lowest BCUT2D eigenvalue weighted by Crippen LogP contribution is -2.49. The molecule has 1 aromatic carbocycles. The van der Waals surface area contributed by atoms with Gasteiger partial charge < -0.3 is 15.0 Å². The molecular formula is C26H31ClN8O. The van der Waals surface area contributed by atoms with Gasteiger partial charge in [-0.05, 0) is 30.7 Å². The number of aromatic nitrogens is 4. The minimum atomic E-state index is 0.659. The number of halogens is 1. The van der Waals surface area contributed by atoms with Crippen LogP contribution in [0.3, 0.4) is 0 Å². The van der Waals surface area contributed by atoms with E-state index in [2.05, 4.69) is 31.1 Å². The lowest BCUT2D eigenvalue weighted by molar-refractivity contribution is 0.0331. The summed E-state index contributed by atoms with van der Waals surface area (Å²) >= 11 is 6.46. The number of rotatable bonds is 6. The number of nitrogens with zero attached hydrogens (tertiary/aromatic N) is 7. The van der Waals surface area contributed by atoms with E-state index in [1.807, 2.05) is 41.8 Å². The molecule has 9 nitrogen and oxygen atoms in total. The van der Waals surface area contributed by atoms with Gasteiger partial charge in [0.05, 0.1) is 30.1 Å². The maximum atomic E-state index is 6.46. The molecule has 2 fully saturated rings. The summed E-state index contributed by atoms with van der Waals surface area (Å²) in [5, 5.41) is 4.08. The van der Waals surface area contributed by atoms with Crippen LogP contribution in [0.2, 0.25) is 5.02 Å². The van der Waals surface area contributed by atoms with Gasteiger partial charge in [0.15, 0.2) is 11.5 Å². The number of imidazole rings is 1. The van der Waals surface area contributed by atoms with Crippen LogP contribution in [0.15, 0.2) is 42.9 Å². The number of aryl methyl sites for hydroxylation is 1. The number of anilines is 3. The summed E-state index contributed by atoms with van der Waals surface area (Å²) in [5.74, 6) is 1.69. The SMILES string of the molecule is Cc1cccc(Cl)c1Nc1nc2ccc(N3CCN(CCN4CCOCC4)CC3)nc2n2cncc12. The first kappa shape index (κ1) is 23.4. The van der Waals surface area contributed by atoms with Gasteiger partial charge in [0.1, 0.15) is 23.2 Å². The van der Waals surface area contributed by atoms with E-state index in [4.69, 9.17) is 26.3 Å². The molecule has 2 saturated heterocycles. The van der Waals surface area contributed by atoms with E-state index in [1.54, 1.807) is 6.33 Å². The second-order valence-corrected chi connectivity index (χ2v) is 9.87. The Kier molecular flexibility index (Phi) is 6.62. The van der Waals surface area contributed by atoms with Crippen molar-refractivity contribution in [1.29, 1.82) is 0 Å². The molecule has 0 amide bonds. The molecule has 2 aliphatic heterocycles. The lowest BCUT2D eigenvalue weighted by atomic mass is 10.2. The van der Waals surface area contributed by atoms with Crippen molar-refractivity contribution in [1.82, 2.24) is 29.2 Å². The van der Waals surface area contributed by atoms with E-state index in [0.29, 0.717) is 10.8 Å². The molecule has 2 aliphatic rings. The number of morpholine rings is 1. The predicted molar refractivity (Wildman–Crippen MR) is 144 cm³/mol. The van der Waals surface area contributed by atoms with Crippen molar-refractivity contribution < 1.29 is 4.74 Å². The van der Waals surface area contributed by atoms with E-state index in [0.717, 1.165) is 99.3 Å². The lowest BCUT2D eigenvalue weighted by Gasteiger charge is -2.37. The Bertz CT molecular complexity index is 1340. The van der Waals surface area contributed by atoms with Gasteiger partial charge in [-0.1, -0.05) is 23.7 Å². The summed E-state index contributed by atoms with van der Waals surface area (Å²) in [6, 6.07) is 9.97. The predicted octanol–water partition coefficient (Wildman–Crippen LogP) is 3.44. The summed E-state index contributed by atoms with van der Waals surface area (Å²) in [6.07, 6.45) is 3.60. The Morgan fingerprint density at radius 2 is 1.72 bits per heavy atom. The molecule has 0 atom stereocenters. The minimum absolute atomic E-state index is 0.659. The Balaban J connectivity index is 1.19. The zero-order chi connectivity index (χ0) is 24.5. The first-order valence-corrected chi connectivity index (χ1v) is 13.0. The molecule has 0 saturated carbocycles. The van der Waals surface area contributed by atoms with Gasteiger partial charge in [0.2, 0.25) is 0 Å². The van der Waals surface area contributed by atoms with Gasteiger partial charge in [0.25, 0.3) is 0 Å². The molecule has 1 N–H and O–H groups in total. The number of ether oxygens (including phenoxy) is 1. The molecule has 6 rings (SSSR count). The molecular weight excluding hydrogens is 476 g/mol. The van der Waals surface area contributed by atoms with Crippen LogP contribution >= 0.6 is 11.6 Å². The summed E-state index contributed by atoms with van der Waals surface area (Å²) < 4.78 is 7.46. The van der Waals surface area contributed by atoms with Crippen LogP contribution in [0, 0.1) is 6.92 Å². The fraction of sp³-hybridized carbons (Fsp3) is 0.423. The van der Waals surface area contributed by atoms with E-state index < -0.39 is 0 Å². The number of fused-ring (bicyclic) bond motifs is 3. The summed E-state index contributed by atoms with van der Waals surface area (Å²) in [7, 11) is 0. The quantitative estimate of drug-likeness (QED) is 0.426. The van der Waals surface area contributed by atoms with Gasteiger partial charge in [-0.15, -0.1) is 0 Å². The second kappa shape index (κ2) is 10.2. The van der Waals surface area contributed by atoms with Crippen molar-refractivity contribution in [2.75, 3.05) is 75.8 Å². The fourth-order valence-corrected chi connectivity index (χ4v) is 5.27. The van der Waals surface area contributed by atoms with Crippen molar-refractivity contribution in [3.05, 3.63) is 53.4 Å². The van der Waals surface area contributed by atoms with Gasteiger partial charge in [-0.25, -0.2) is 15.0 Å². The molecule has 0 bridgehead atoms. The Hall–Kier alpha value is -2.98. The molecule has 0 aliphatic carbocycles. The van der Waals surface area contributed by atoms with E-state index >= 15 is 0 Å². The smallest absolute Gasteiger partial charge is 0.166 e. The van der Waals surface area contributed by atoms with E-state index in [1.165, 1.54) is 0 Å². The molecule has 188 valence electrons. The third-order valence-electron chi connectivity index (χ3n) is 7.18. The first-order valence-electron chi connectivity index (χ1n) is 12.6. The molecule has 4 aromatic rings. The standard InChI is InChI=1S/C26H31ClN8O/c1-19-3-2-4-20(27)24(19)31-25-22-17-28-18-35(22)26-21(29-25)5-6-23(30-26)34-11-9-32(10-12-34)7-8-33-13-15-36-16-14-33/h2-6,17-18H,7-16H2,1H3,(H,29,31). The number of benzene rings is 1. The summed E-state index contributed by atoms with van der Waals surface area (Å²) in [4.78, 5) is 21.7. The van der Waals surface area contributed by atoms with E-state index in [9.17, 15) is 0 Å². The van der Waals surface area contributed by atoms with Crippen molar-refractivity contribution >= 4 is 45.6 Å². The van der Waals surface area contributed by atoms with Crippen LogP contribution in [0.25, 0.3) is 16.7 Å². The van der Waals surface area contributed by atoms with Crippen molar-refractivity contribution in [2.45, 2.75) is 6.92 Å². The molecule has 0 spiro atoms. The van der Waals surface area contributed by atoms with Crippen LogP contribution < -0.4 is 10.2 Å². The zero-order valence-corrected chi connectivity index (χ0v) is 21.3. The Morgan fingerprint density at radius 3 is 2.50 bits per heavy atom. The number of nitrogens with one attached hydrogen (secondary N) is 1. The zero-order valence-electron chi connectivity index (χ0n) is 20.5. The number of piperazine rings is 1. The van der Waals surface area contributed by atoms with Crippen molar-refractivity contribution in [3.8, 4) is 0 Å². The number of para-hydroxylation sites is 1. The molecule has 0 radical (unpaired) electrons. The molecule has 3 aromatic heterocycles. The van der Waals surface area contributed by atoms with Crippen LogP contribution in [0.5, 0.6) is 0 Å². The highest BCUT2D eigenvalue weighted by molar-refractivity contribution is 6.33. The van der Waals surface area contributed by atoms with Gasteiger partial charge in [-0.3, -0.25) is 14.2 Å². The Labute approximate surface area is 215 Å². The highest BCUT2D eigenvalue weighted by Crippen LogP contribution is 2.31. The third kappa shape index (κ3) is 4.71.